The van der Waals surface area contributed by atoms with Gasteiger partial charge in [-0.25, -0.2) is 14.8 Å². The molecule has 34 heavy (non-hydrogen) atoms. The van der Waals surface area contributed by atoms with Gasteiger partial charge < -0.3 is 15.0 Å². The van der Waals surface area contributed by atoms with Gasteiger partial charge in [-0.05, 0) is 23.2 Å². The maximum Gasteiger partial charge on any atom is 0.414 e. The van der Waals surface area contributed by atoms with E-state index in [1.165, 1.54) is 4.90 Å². The summed E-state index contributed by atoms with van der Waals surface area (Å²) in [4.78, 5) is 29.7. The number of hydrogen-bond donors (Lipinski definition) is 1. The maximum atomic E-state index is 12.6. The zero-order valence-corrected chi connectivity index (χ0v) is 19.0. The molecule has 1 N–H and O–H groups in total. The Bertz CT molecular complexity index is 1390. The Hall–Kier alpha value is -4.40. The van der Waals surface area contributed by atoms with E-state index in [1.54, 1.807) is 63.0 Å². The lowest BCUT2D eigenvalue weighted by Crippen LogP contribution is -2.26. The van der Waals surface area contributed by atoms with Gasteiger partial charge in [-0.1, -0.05) is 53.1 Å². The minimum Gasteiger partial charge on any atom is -0.407 e. The van der Waals surface area contributed by atoms with Gasteiger partial charge in [0.2, 0.25) is 5.95 Å². The van der Waals surface area contributed by atoms with Crippen molar-refractivity contribution in [2.45, 2.75) is 6.04 Å². The molecule has 0 bridgehead atoms. The first-order chi connectivity index (χ1) is 16.5. The van der Waals surface area contributed by atoms with Crippen molar-refractivity contribution in [3.63, 3.8) is 0 Å². The molecule has 2 aromatic heterocycles. The molecule has 1 atom stereocenters. The normalized spacial score (nSPS) is 11.4. The molecule has 2 aromatic carbocycles. The predicted molar refractivity (Wildman–Crippen MR) is 129 cm³/mol. The molecule has 0 aliphatic heterocycles. The van der Waals surface area contributed by atoms with Crippen molar-refractivity contribution in [3.05, 3.63) is 93.7 Å². The lowest BCUT2D eigenvalue weighted by molar-refractivity contribution is 0.172. The molecule has 0 aliphatic carbocycles. The van der Waals surface area contributed by atoms with Crippen LogP contribution in [0.2, 0.25) is 5.02 Å². The zero-order valence-electron chi connectivity index (χ0n) is 18.3. The van der Waals surface area contributed by atoms with Crippen molar-refractivity contribution in [3.8, 4) is 5.75 Å². The SMILES string of the molecule is CN(C)C(=O)Oc1c(C(Nc2ncccn2)c2cccc(N=[N+]=[N-])c2Cl)ccc2cccnc12. The standard InChI is InChI=1S/C23H19ClN8O2/c1-32(2)23(33)34-21-16(10-9-14-6-4-11-26-19(14)21)20(29-22-27-12-5-13-28-22)15-7-3-8-17(18(15)24)30-31-25/h3-13,20H,1-2H3,(H,27,28,29). The lowest BCUT2D eigenvalue weighted by atomic mass is 9.95. The van der Waals surface area contributed by atoms with Crippen LogP contribution in [-0.4, -0.2) is 40.0 Å². The fraction of sp³-hybridized carbons (Fsp3) is 0.130. The Kier molecular flexibility index (Phi) is 6.72. The number of halogens is 1. The summed E-state index contributed by atoms with van der Waals surface area (Å²) in [6.07, 6.45) is 4.25. The Morgan fingerprint density at radius 2 is 1.82 bits per heavy atom. The number of carbonyl (C=O) groups is 1. The number of carbonyl (C=O) groups excluding carboxylic acids is 1. The molecule has 1 amide bonds. The van der Waals surface area contributed by atoms with Gasteiger partial charge in [-0.3, -0.25) is 4.98 Å². The van der Waals surface area contributed by atoms with Gasteiger partial charge in [0.25, 0.3) is 0 Å². The van der Waals surface area contributed by atoms with E-state index in [0.29, 0.717) is 22.6 Å². The molecular weight excluding hydrogens is 456 g/mol. The number of amides is 1. The van der Waals surface area contributed by atoms with Crippen LogP contribution in [-0.2, 0) is 0 Å². The largest absolute Gasteiger partial charge is 0.414 e. The van der Waals surface area contributed by atoms with Crippen LogP contribution >= 0.6 is 11.6 Å². The van der Waals surface area contributed by atoms with Crippen LogP contribution in [0.15, 0.2) is 72.2 Å². The molecule has 4 rings (SSSR count). The van der Waals surface area contributed by atoms with Crippen molar-refractivity contribution in [2.24, 2.45) is 5.11 Å². The van der Waals surface area contributed by atoms with Crippen LogP contribution in [0.1, 0.15) is 17.2 Å². The van der Waals surface area contributed by atoms with Gasteiger partial charge in [0, 0.05) is 48.5 Å². The molecule has 0 fully saturated rings. The molecule has 11 heteroatoms. The summed E-state index contributed by atoms with van der Waals surface area (Å²) < 4.78 is 5.80. The second kappa shape index (κ2) is 10.0. The highest BCUT2D eigenvalue weighted by molar-refractivity contribution is 6.33. The molecule has 4 aromatic rings. The highest BCUT2D eigenvalue weighted by Gasteiger charge is 2.26. The van der Waals surface area contributed by atoms with E-state index in [4.69, 9.17) is 21.9 Å². The van der Waals surface area contributed by atoms with E-state index in [0.717, 1.165) is 5.39 Å². The van der Waals surface area contributed by atoms with E-state index in [2.05, 4.69) is 30.3 Å². The number of nitrogens with one attached hydrogen (secondary N) is 1. The van der Waals surface area contributed by atoms with Gasteiger partial charge in [-0.15, -0.1) is 0 Å². The monoisotopic (exact) mass is 474 g/mol. The molecule has 0 radical (unpaired) electrons. The summed E-state index contributed by atoms with van der Waals surface area (Å²) in [7, 11) is 3.18. The predicted octanol–water partition coefficient (Wildman–Crippen LogP) is 5.88. The number of nitrogens with zero attached hydrogens (tertiary/aromatic N) is 7. The number of pyridine rings is 1. The van der Waals surface area contributed by atoms with E-state index >= 15 is 0 Å². The van der Waals surface area contributed by atoms with Crippen LogP contribution in [0.5, 0.6) is 5.75 Å². The van der Waals surface area contributed by atoms with E-state index in [1.807, 2.05) is 18.2 Å². The first kappa shape index (κ1) is 22.8. The molecule has 10 nitrogen and oxygen atoms in total. The first-order valence-corrected chi connectivity index (χ1v) is 10.5. The van der Waals surface area contributed by atoms with Crippen LogP contribution in [0.4, 0.5) is 16.4 Å². The fourth-order valence-electron chi connectivity index (χ4n) is 3.36. The van der Waals surface area contributed by atoms with E-state index < -0.39 is 12.1 Å². The molecule has 0 spiro atoms. The van der Waals surface area contributed by atoms with Crippen LogP contribution in [0.25, 0.3) is 21.3 Å². The summed E-state index contributed by atoms with van der Waals surface area (Å²) in [6.45, 7) is 0. The lowest BCUT2D eigenvalue weighted by Gasteiger charge is -2.24. The van der Waals surface area contributed by atoms with E-state index in [-0.39, 0.29) is 16.5 Å². The minimum absolute atomic E-state index is 0.236. The number of ether oxygens (including phenoxy) is 1. The van der Waals surface area contributed by atoms with Crippen molar-refractivity contribution in [2.75, 3.05) is 19.4 Å². The van der Waals surface area contributed by atoms with Crippen LogP contribution in [0, 0.1) is 0 Å². The van der Waals surface area contributed by atoms with Gasteiger partial charge in [0.15, 0.2) is 5.75 Å². The Morgan fingerprint density at radius 3 is 2.56 bits per heavy atom. The molecule has 2 heterocycles. The maximum absolute atomic E-state index is 12.6. The molecule has 0 aliphatic rings. The number of hydrogen-bond acceptors (Lipinski definition) is 7. The van der Waals surface area contributed by atoms with Crippen molar-refractivity contribution < 1.29 is 9.53 Å². The second-order valence-electron chi connectivity index (χ2n) is 7.34. The number of anilines is 1. The van der Waals surface area contributed by atoms with Crippen LogP contribution in [0.3, 0.4) is 0 Å². The third kappa shape index (κ3) is 4.68. The smallest absolute Gasteiger partial charge is 0.407 e. The van der Waals surface area contributed by atoms with Crippen LogP contribution < -0.4 is 10.1 Å². The zero-order chi connectivity index (χ0) is 24.1. The van der Waals surface area contributed by atoms with Gasteiger partial charge in [0.05, 0.1) is 16.8 Å². The first-order valence-electron chi connectivity index (χ1n) is 10.1. The molecule has 0 saturated carbocycles. The topological polar surface area (TPSA) is 129 Å². The summed E-state index contributed by atoms with van der Waals surface area (Å²) in [5, 5.41) is 7.96. The Labute approximate surface area is 199 Å². The average molecular weight is 475 g/mol. The average Bonchev–Trinajstić information content (AvgIpc) is 2.85. The second-order valence-corrected chi connectivity index (χ2v) is 7.72. The van der Waals surface area contributed by atoms with Crippen molar-refractivity contribution in [1.29, 1.82) is 0 Å². The number of rotatable bonds is 6. The minimum atomic E-state index is -0.680. The molecule has 0 saturated heterocycles. The number of benzene rings is 2. The highest BCUT2D eigenvalue weighted by Crippen LogP contribution is 2.41. The number of azide groups is 1. The van der Waals surface area contributed by atoms with Crippen molar-refractivity contribution >= 4 is 40.2 Å². The van der Waals surface area contributed by atoms with Gasteiger partial charge in [-0.2, -0.15) is 0 Å². The Morgan fingerprint density at radius 1 is 1.06 bits per heavy atom. The number of fused-ring (bicyclic) bond motifs is 1. The molecule has 1 unspecified atom stereocenters. The van der Waals surface area contributed by atoms with Gasteiger partial charge >= 0.3 is 6.09 Å². The third-order valence-electron chi connectivity index (χ3n) is 4.94. The summed E-state index contributed by atoms with van der Waals surface area (Å²) in [5.41, 5.74) is 10.8. The summed E-state index contributed by atoms with van der Waals surface area (Å²) in [6, 6.07) is 13.5. The highest BCUT2D eigenvalue weighted by atomic mass is 35.5. The fourth-order valence-corrected chi connectivity index (χ4v) is 3.63. The summed E-state index contributed by atoms with van der Waals surface area (Å²) >= 11 is 6.65. The van der Waals surface area contributed by atoms with Gasteiger partial charge in [0.1, 0.15) is 5.52 Å². The quantitative estimate of drug-likeness (QED) is 0.211. The summed E-state index contributed by atoms with van der Waals surface area (Å²) in [5.74, 6) is 0.583. The molecule has 170 valence electrons. The van der Waals surface area contributed by atoms with E-state index in [9.17, 15) is 4.79 Å². The number of aromatic nitrogens is 3. The molecular formula is C23H19ClN8O2. The van der Waals surface area contributed by atoms with Crippen molar-refractivity contribution in [1.82, 2.24) is 19.9 Å². The third-order valence-corrected chi connectivity index (χ3v) is 5.35. The Balaban J connectivity index is 1.96.